The monoisotopic (exact) mass is 292 g/mol. The van der Waals surface area contributed by atoms with Crippen molar-refractivity contribution in [3.05, 3.63) is 22.4 Å². The van der Waals surface area contributed by atoms with Gasteiger partial charge < -0.3 is 4.90 Å². The molecule has 2 aliphatic rings. The van der Waals surface area contributed by atoms with Crippen molar-refractivity contribution < 1.29 is 4.79 Å². The lowest BCUT2D eigenvalue weighted by atomic mass is 9.94. The van der Waals surface area contributed by atoms with E-state index in [0.29, 0.717) is 11.8 Å². The Hall–Kier alpha value is -0.870. The van der Waals surface area contributed by atoms with Crippen LogP contribution >= 0.6 is 11.3 Å². The maximum atomic E-state index is 12.9. The first-order valence-corrected chi connectivity index (χ1v) is 8.43. The first-order chi connectivity index (χ1) is 9.43. The number of carbonyl (C=O) groups excluding carboxylic acids is 1. The number of hydrogen-bond acceptors (Lipinski definition) is 3. The Labute approximate surface area is 125 Å². The van der Waals surface area contributed by atoms with Crippen molar-refractivity contribution in [1.29, 1.82) is 0 Å². The lowest BCUT2D eigenvalue weighted by Crippen LogP contribution is -2.49. The molecular weight excluding hydrogens is 268 g/mol. The first-order valence-electron chi connectivity index (χ1n) is 7.55. The number of rotatable bonds is 4. The summed E-state index contributed by atoms with van der Waals surface area (Å²) in [5, 5.41) is 5.66. The second-order valence-corrected chi connectivity index (χ2v) is 7.92. The molecule has 0 spiro atoms. The van der Waals surface area contributed by atoms with Crippen LogP contribution in [0.25, 0.3) is 0 Å². The normalized spacial score (nSPS) is 27.6. The van der Waals surface area contributed by atoms with E-state index in [9.17, 15) is 4.79 Å². The minimum absolute atomic E-state index is 0.0468. The third-order valence-corrected chi connectivity index (χ3v) is 5.70. The predicted molar refractivity (Wildman–Crippen MR) is 82.5 cm³/mol. The molecule has 4 heteroatoms. The minimum Gasteiger partial charge on any atom is -0.315 e. The van der Waals surface area contributed by atoms with Crippen molar-refractivity contribution in [1.82, 2.24) is 10.2 Å². The third-order valence-electron chi connectivity index (χ3n) is 4.78. The number of nitrogens with zero attached hydrogens (tertiary/aromatic N) is 1. The SMILES string of the molecule is CC(C)C1NC(c2cccs2)N(C(C)(C)C2CC2)C1=O. The number of hydrogen-bond donors (Lipinski definition) is 1. The first kappa shape index (κ1) is 14.1. The van der Waals surface area contributed by atoms with Crippen LogP contribution in [0.1, 0.15) is 51.6 Å². The van der Waals surface area contributed by atoms with Crippen LogP contribution in [-0.4, -0.2) is 22.4 Å². The molecule has 2 heterocycles. The molecule has 0 aromatic carbocycles. The Morgan fingerprint density at radius 3 is 2.60 bits per heavy atom. The van der Waals surface area contributed by atoms with E-state index in [-0.39, 0.29) is 23.7 Å². The summed E-state index contributed by atoms with van der Waals surface area (Å²) in [6.07, 6.45) is 2.55. The smallest absolute Gasteiger partial charge is 0.242 e. The zero-order chi connectivity index (χ0) is 14.5. The van der Waals surface area contributed by atoms with E-state index >= 15 is 0 Å². The van der Waals surface area contributed by atoms with E-state index in [4.69, 9.17) is 0 Å². The van der Waals surface area contributed by atoms with E-state index < -0.39 is 0 Å². The molecule has 1 aliphatic carbocycles. The molecule has 0 radical (unpaired) electrons. The fraction of sp³-hybridized carbons (Fsp3) is 0.688. The van der Waals surface area contributed by atoms with Gasteiger partial charge in [-0.05, 0) is 50.0 Å². The molecule has 1 amide bonds. The second-order valence-electron chi connectivity index (χ2n) is 6.94. The molecule has 2 atom stereocenters. The summed E-state index contributed by atoms with van der Waals surface area (Å²) in [5.41, 5.74) is -0.0532. The summed E-state index contributed by atoms with van der Waals surface area (Å²) in [7, 11) is 0. The summed E-state index contributed by atoms with van der Waals surface area (Å²) in [6.45, 7) is 8.70. The fourth-order valence-electron chi connectivity index (χ4n) is 3.33. The molecule has 20 heavy (non-hydrogen) atoms. The lowest BCUT2D eigenvalue weighted by Gasteiger charge is -2.39. The predicted octanol–water partition coefficient (Wildman–Crippen LogP) is 3.39. The van der Waals surface area contributed by atoms with Crippen molar-refractivity contribution >= 4 is 17.2 Å². The summed E-state index contributed by atoms with van der Waals surface area (Å²) in [5.74, 6) is 1.25. The molecule has 2 unspecified atom stereocenters. The van der Waals surface area contributed by atoms with Crippen molar-refractivity contribution in [2.45, 2.75) is 58.3 Å². The Bertz CT molecular complexity index is 491. The summed E-state index contributed by atoms with van der Waals surface area (Å²) >= 11 is 1.73. The molecule has 1 aromatic rings. The molecule has 1 N–H and O–H groups in total. The van der Waals surface area contributed by atoms with Gasteiger partial charge in [-0.2, -0.15) is 0 Å². The Balaban J connectivity index is 1.96. The summed E-state index contributed by atoms with van der Waals surface area (Å²) in [6, 6.07) is 4.14. The van der Waals surface area contributed by atoms with Gasteiger partial charge in [0.1, 0.15) is 6.17 Å². The topological polar surface area (TPSA) is 32.3 Å². The van der Waals surface area contributed by atoms with Gasteiger partial charge in [0.15, 0.2) is 0 Å². The molecule has 3 rings (SSSR count). The van der Waals surface area contributed by atoms with E-state index in [2.05, 4.69) is 55.4 Å². The van der Waals surface area contributed by atoms with Crippen LogP contribution in [0, 0.1) is 11.8 Å². The van der Waals surface area contributed by atoms with Crippen LogP contribution in [0.2, 0.25) is 0 Å². The van der Waals surface area contributed by atoms with E-state index in [1.54, 1.807) is 11.3 Å². The van der Waals surface area contributed by atoms with Crippen molar-refractivity contribution in [3.63, 3.8) is 0 Å². The maximum Gasteiger partial charge on any atom is 0.242 e. The number of carbonyl (C=O) groups is 1. The van der Waals surface area contributed by atoms with E-state index in [0.717, 1.165) is 0 Å². The van der Waals surface area contributed by atoms with Crippen LogP contribution in [-0.2, 0) is 4.79 Å². The number of nitrogens with one attached hydrogen (secondary N) is 1. The van der Waals surface area contributed by atoms with Gasteiger partial charge in [0.2, 0.25) is 5.91 Å². The average molecular weight is 292 g/mol. The number of thiophene rings is 1. The minimum atomic E-state index is -0.0554. The highest BCUT2D eigenvalue weighted by Gasteiger charge is 2.52. The van der Waals surface area contributed by atoms with Crippen molar-refractivity contribution in [2.75, 3.05) is 0 Å². The largest absolute Gasteiger partial charge is 0.315 e. The quantitative estimate of drug-likeness (QED) is 0.922. The maximum absolute atomic E-state index is 12.9. The molecule has 1 saturated heterocycles. The molecule has 3 nitrogen and oxygen atoms in total. The molecule has 1 aromatic heterocycles. The van der Waals surface area contributed by atoms with Gasteiger partial charge in [-0.25, -0.2) is 0 Å². The highest BCUT2D eigenvalue weighted by molar-refractivity contribution is 7.10. The van der Waals surface area contributed by atoms with Crippen LogP contribution in [0.3, 0.4) is 0 Å². The van der Waals surface area contributed by atoms with Gasteiger partial charge in [-0.15, -0.1) is 11.3 Å². The van der Waals surface area contributed by atoms with Gasteiger partial charge in [-0.3, -0.25) is 10.1 Å². The van der Waals surface area contributed by atoms with Crippen molar-refractivity contribution in [2.24, 2.45) is 11.8 Å². The average Bonchev–Trinajstić information content (AvgIpc) is 2.98. The summed E-state index contributed by atoms with van der Waals surface area (Å²) < 4.78 is 0. The Morgan fingerprint density at radius 2 is 2.10 bits per heavy atom. The van der Waals surface area contributed by atoms with Gasteiger partial charge in [0, 0.05) is 10.4 Å². The zero-order valence-electron chi connectivity index (χ0n) is 12.7. The van der Waals surface area contributed by atoms with Crippen LogP contribution in [0.15, 0.2) is 17.5 Å². The van der Waals surface area contributed by atoms with Gasteiger partial charge in [-0.1, -0.05) is 19.9 Å². The molecule has 110 valence electrons. The fourth-order valence-corrected chi connectivity index (χ4v) is 4.10. The van der Waals surface area contributed by atoms with Gasteiger partial charge >= 0.3 is 0 Å². The molecular formula is C16H24N2OS. The van der Waals surface area contributed by atoms with Crippen molar-refractivity contribution in [3.8, 4) is 0 Å². The van der Waals surface area contributed by atoms with E-state index in [1.807, 2.05) is 0 Å². The molecule has 1 saturated carbocycles. The Morgan fingerprint density at radius 1 is 1.40 bits per heavy atom. The number of amides is 1. The van der Waals surface area contributed by atoms with Crippen LogP contribution in [0.5, 0.6) is 0 Å². The Kier molecular flexibility index (Phi) is 3.41. The van der Waals surface area contributed by atoms with Gasteiger partial charge in [0.25, 0.3) is 0 Å². The molecule has 2 fully saturated rings. The highest BCUT2D eigenvalue weighted by Crippen LogP contribution is 2.47. The van der Waals surface area contributed by atoms with E-state index in [1.165, 1.54) is 17.7 Å². The third kappa shape index (κ3) is 2.19. The lowest BCUT2D eigenvalue weighted by molar-refractivity contribution is -0.136. The molecule has 0 bridgehead atoms. The standard InChI is InChI=1S/C16H24N2OS/c1-10(2)13-15(19)18(16(3,4)11-7-8-11)14(17-13)12-6-5-9-20-12/h5-6,9-11,13-14,17H,7-8H2,1-4H3. The zero-order valence-corrected chi connectivity index (χ0v) is 13.5. The molecule has 1 aliphatic heterocycles. The van der Waals surface area contributed by atoms with Gasteiger partial charge in [0.05, 0.1) is 6.04 Å². The summed E-state index contributed by atoms with van der Waals surface area (Å²) in [4.78, 5) is 16.3. The second kappa shape index (κ2) is 4.85. The highest BCUT2D eigenvalue weighted by atomic mass is 32.1. The van der Waals surface area contributed by atoms with Crippen LogP contribution < -0.4 is 5.32 Å². The van der Waals surface area contributed by atoms with Crippen LogP contribution in [0.4, 0.5) is 0 Å².